The van der Waals surface area contributed by atoms with E-state index in [4.69, 9.17) is 4.74 Å². The maximum Gasteiger partial charge on any atom is 0.248 e. The van der Waals surface area contributed by atoms with Gasteiger partial charge in [-0.25, -0.2) is 9.67 Å². The molecule has 0 saturated heterocycles. The van der Waals surface area contributed by atoms with E-state index in [1.54, 1.807) is 34.5 Å². The van der Waals surface area contributed by atoms with Crippen molar-refractivity contribution >= 4 is 29.0 Å². The van der Waals surface area contributed by atoms with Crippen molar-refractivity contribution in [3.05, 3.63) is 65.4 Å². The zero-order valence-electron chi connectivity index (χ0n) is 12.8. The summed E-state index contributed by atoms with van der Waals surface area (Å²) in [7, 11) is 0. The van der Waals surface area contributed by atoms with Gasteiger partial charge in [0.25, 0.3) is 0 Å². The van der Waals surface area contributed by atoms with Gasteiger partial charge in [0.15, 0.2) is 0 Å². The number of aromatic nitrogens is 3. The number of hydrogen-bond acceptors (Lipinski definition) is 5. The molecule has 24 heavy (non-hydrogen) atoms. The summed E-state index contributed by atoms with van der Waals surface area (Å²) in [6, 6.07) is 9.25. The highest BCUT2D eigenvalue weighted by Gasteiger charge is 2.01. The Kier molecular flexibility index (Phi) is 5.36. The number of nitrogens with zero attached hydrogens (tertiary/aromatic N) is 3. The molecule has 1 aromatic carbocycles. The van der Waals surface area contributed by atoms with Gasteiger partial charge in [-0.2, -0.15) is 16.4 Å². The molecule has 122 valence electrons. The number of benzene rings is 1. The Labute approximate surface area is 143 Å². The van der Waals surface area contributed by atoms with E-state index in [0.29, 0.717) is 24.6 Å². The standard InChI is InChI=1S/C17H16N4O2S/c22-17(5-4-14-6-9-24-11-14)20-15-2-1-3-16(10-15)23-8-7-21-13-18-12-19-21/h1-6,9-13H,7-8H2,(H,20,22)/b5-4-. The van der Waals surface area contributed by atoms with Gasteiger partial charge in [-0.1, -0.05) is 6.07 Å². The third-order valence-electron chi connectivity index (χ3n) is 3.13. The molecule has 2 aromatic heterocycles. The summed E-state index contributed by atoms with van der Waals surface area (Å²) < 4.78 is 7.36. The topological polar surface area (TPSA) is 69.0 Å². The Balaban J connectivity index is 1.51. The number of anilines is 1. The molecule has 0 saturated carbocycles. The van der Waals surface area contributed by atoms with Gasteiger partial charge in [-0.3, -0.25) is 4.79 Å². The molecule has 0 bridgehead atoms. The van der Waals surface area contributed by atoms with Crippen LogP contribution in [0.5, 0.6) is 5.75 Å². The lowest BCUT2D eigenvalue weighted by atomic mass is 10.3. The largest absolute Gasteiger partial charge is 0.492 e. The number of amides is 1. The van der Waals surface area contributed by atoms with Crippen LogP contribution in [-0.2, 0) is 11.3 Å². The number of thiophene rings is 1. The van der Waals surface area contributed by atoms with Gasteiger partial charge >= 0.3 is 0 Å². The van der Waals surface area contributed by atoms with Gasteiger partial charge in [-0.05, 0) is 40.6 Å². The van der Waals surface area contributed by atoms with Crippen LogP contribution in [0.15, 0.2) is 59.8 Å². The minimum Gasteiger partial charge on any atom is -0.492 e. The van der Waals surface area contributed by atoms with Gasteiger partial charge in [0, 0.05) is 17.8 Å². The summed E-state index contributed by atoms with van der Waals surface area (Å²) in [5.41, 5.74) is 1.70. The summed E-state index contributed by atoms with van der Waals surface area (Å²) in [6.45, 7) is 1.08. The van der Waals surface area contributed by atoms with Crippen molar-refractivity contribution in [2.24, 2.45) is 0 Å². The first kappa shape index (κ1) is 15.9. The lowest BCUT2D eigenvalue weighted by Crippen LogP contribution is -2.10. The lowest BCUT2D eigenvalue weighted by Gasteiger charge is -2.08. The number of nitrogens with one attached hydrogen (secondary N) is 1. The van der Waals surface area contributed by atoms with E-state index >= 15 is 0 Å². The van der Waals surface area contributed by atoms with E-state index in [9.17, 15) is 4.79 Å². The van der Waals surface area contributed by atoms with Gasteiger partial charge in [-0.15, -0.1) is 0 Å². The first-order valence-corrected chi connectivity index (χ1v) is 8.30. The minimum absolute atomic E-state index is 0.180. The van der Waals surface area contributed by atoms with Crippen molar-refractivity contribution in [2.45, 2.75) is 6.54 Å². The Hall–Kier alpha value is -2.93. The predicted molar refractivity (Wildman–Crippen MR) is 93.9 cm³/mol. The van der Waals surface area contributed by atoms with Gasteiger partial charge in [0.2, 0.25) is 5.91 Å². The van der Waals surface area contributed by atoms with E-state index in [0.717, 1.165) is 5.56 Å². The van der Waals surface area contributed by atoms with E-state index in [-0.39, 0.29) is 5.91 Å². The Bertz CT molecular complexity index is 798. The highest BCUT2D eigenvalue weighted by Crippen LogP contribution is 2.17. The van der Waals surface area contributed by atoms with Crippen molar-refractivity contribution in [2.75, 3.05) is 11.9 Å². The molecule has 3 rings (SSSR count). The second-order valence-electron chi connectivity index (χ2n) is 4.91. The average Bonchev–Trinajstić information content (AvgIpc) is 3.27. The van der Waals surface area contributed by atoms with Crippen LogP contribution in [0, 0.1) is 0 Å². The van der Waals surface area contributed by atoms with Gasteiger partial charge in [0.1, 0.15) is 25.0 Å². The highest BCUT2D eigenvalue weighted by atomic mass is 32.1. The number of hydrogen-bond donors (Lipinski definition) is 1. The summed E-state index contributed by atoms with van der Waals surface area (Å²) in [4.78, 5) is 15.8. The molecule has 1 N–H and O–H groups in total. The number of carbonyl (C=O) groups excluding carboxylic acids is 1. The summed E-state index contributed by atoms with van der Waals surface area (Å²) in [5.74, 6) is 0.510. The van der Waals surface area contributed by atoms with Crippen molar-refractivity contribution in [3.8, 4) is 5.75 Å². The van der Waals surface area contributed by atoms with Gasteiger partial charge < -0.3 is 10.1 Å². The molecule has 2 heterocycles. The third-order valence-corrected chi connectivity index (χ3v) is 3.83. The first-order chi connectivity index (χ1) is 11.8. The van der Waals surface area contributed by atoms with Crippen LogP contribution in [0.1, 0.15) is 5.56 Å². The molecule has 0 fully saturated rings. The van der Waals surface area contributed by atoms with Crippen LogP contribution < -0.4 is 10.1 Å². The molecule has 1 amide bonds. The van der Waals surface area contributed by atoms with Crippen LogP contribution in [0.2, 0.25) is 0 Å². The lowest BCUT2D eigenvalue weighted by molar-refractivity contribution is -0.111. The van der Waals surface area contributed by atoms with Crippen molar-refractivity contribution in [1.82, 2.24) is 14.8 Å². The molecule has 0 aliphatic rings. The molecule has 0 spiro atoms. The fourth-order valence-corrected chi connectivity index (χ4v) is 2.62. The van der Waals surface area contributed by atoms with Crippen molar-refractivity contribution in [1.29, 1.82) is 0 Å². The zero-order chi connectivity index (χ0) is 16.6. The predicted octanol–water partition coefficient (Wildman–Crippen LogP) is 3.07. The molecular formula is C17H16N4O2S. The molecule has 7 heteroatoms. The second kappa shape index (κ2) is 8.07. The van der Waals surface area contributed by atoms with E-state index in [1.165, 1.54) is 12.4 Å². The van der Waals surface area contributed by atoms with E-state index in [2.05, 4.69) is 15.4 Å². The smallest absolute Gasteiger partial charge is 0.248 e. The molecular weight excluding hydrogens is 324 g/mol. The fraction of sp³-hybridized carbons (Fsp3) is 0.118. The van der Waals surface area contributed by atoms with Crippen LogP contribution in [0.3, 0.4) is 0 Å². The quantitative estimate of drug-likeness (QED) is 0.671. The molecule has 0 unspecified atom stereocenters. The summed E-state index contributed by atoms with van der Waals surface area (Å²) in [5, 5.41) is 10.8. The van der Waals surface area contributed by atoms with E-state index in [1.807, 2.05) is 35.0 Å². The van der Waals surface area contributed by atoms with Crippen molar-refractivity contribution < 1.29 is 9.53 Å². The van der Waals surface area contributed by atoms with E-state index < -0.39 is 0 Å². The number of carbonyl (C=O) groups is 1. The maximum atomic E-state index is 11.9. The Morgan fingerprint density at radius 3 is 3.12 bits per heavy atom. The van der Waals surface area contributed by atoms with Crippen LogP contribution >= 0.6 is 11.3 Å². The molecule has 0 atom stereocenters. The third kappa shape index (κ3) is 4.79. The maximum absolute atomic E-state index is 11.9. The zero-order valence-corrected chi connectivity index (χ0v) is 13.6. The monoisotopic (exact) mass is 340 g/mol. The minimum atomic E-state index is -0.180. The summed E-state index contributed by atoms with van der Waals surface area (Å²) >= 11 is 1.59. The number of ether oxygens (including phenoxy) is 1. The highest BCUT2D eigenvalue weighted by molar-refractivity contribution is 7.08. The summed E-state index contributed by atoms with van der Waals surface area (Å²) in [6.07, 6.45) is 6.42. The normalized spacial score (nSPS) is 10.8. The average molecular weight is 340 g/mol. The molecule has 0 aliphatic heterocycles. The molecule has 0 aliphatic carbocycles. The molecule has 6 nitrogen and oxygen atoms in total. The number of rotatable bonds is 7. The SMILES string of the molecule is O=C(/C=C\c1ccsc1)Nc1cccc(OCCn2cncn2)c1. The molecule has 0 radical (unpaired) electrons. The molecule has 3 aromatic rings. The van der Waals surface area contributed by atoms with Crippen LogP contribution in [-0.4, -0.2) is 27.3 Å². The van der Waals surface area contributed by atoms with Crippen molar-refractivity contribution in [3.63, 3.8) is 0 Å². The Morgan fingerprint density at radius 2 is 2.33 bits per heavy atom. The van der Waals surface area contributed by atoms with Gasteiger partial charge in [0.05, 0.1) is 6.54 Å². The second-order valence-corrected chi connectivity index (χ2v) is 5.69. The first-order valence-electron chi connectivity index (χ1n) is 7.36. The van der Waals surface area contributed by atoms with Crippen LogP contribution in [0.4, 0.5) is 5.69 Å². The van der Waals surface area contributed by atoms with Crippen LogP contribution in [0.25, 0.3) is 6.08 Å². The Morgan fingerprint density at radius 1 is 1.38 bits per heavy atom. The fourth-order valence-electron chi connectivity index (χ4n) is 1.99.